The second-order valence-electron chi connectivity index (χ2n) is 4.56. The van der Waals surface area contributed by atoms with Gasteiger partial charge in [-0.2, -0.15) is 0 Å². The van der Waals surface area contributed by atoms with Gasteiger partial charge in [0.05, 0.1) is 5.71 Å². The summed E-state index contributed by atoms with van der Waals surface area (Å²) in [5.41, 5.74) is 4.07. The maximum Gasteiger partial charge on any atom is 0.0640 e. The summed E-state index contributed by atoms with van der Waals surface area (Å²) in [6.07, 6.45) is 2.93. The fraction of sp³-hybridized carbons (Fsp3) is 0.211. The second kappa shape index (κ2) is 8.87. The largest absolute Gasteiger partial charge is 0.300 e. The highest BCUT2D eigenvalue weighted by molar-refractivity contribution is 6.10. The Balaban J connectivity index is 0.000000240. The number of benzene rings is 2. The fourth-order valence-corrected chi connectivity index (χ4v) is 1.85. The standard InChI is InChI=1S/C12H15N.C7H8/c1-3-10(4-2)12(13)11-8-6-5-7-9-11;1-7-5-3-2-4-6-7/h3,5-9,13H,4H2,1-2H3;2-6H,1H3/b10-3-,13-12?;. The molecule has 0 aliphatic heterocycles. The lowest BCUT2D eigenvalue weighted by Crippen LogP contribution is -2.01. The highest BCUT2D eigenvalue weighted by Gasteiger charge is 2.03. The topological polar surface area (TPSA) is 23.9 Å². The van der Waals surface area contributed by atoms with E-state index in [9.17, 15) is 0 Å². The smallest absolute Gasteiger partial charge is 0.0640 e. The molecule has 0 saturated heterocycles. The first-order chi connectivity index (χ1) is 9.69. The molecule has 2 aromatic rings. The van der Waals surface area contributed by atoms with Crippen LogP contribution in [0.4, 0.5) is 0 Å². The van der Waals surface area contributed by atoms with E-state index in [1.54, 1.807) is 0 Å². The zero-order chi connectivity index (χ0) is 14.8. The Kier molecular flexibility index (Phi) is 7.05. The molecule has 0 heterocycles. The molecule has 0 fully saturated rings. The van der Waals surface area contributed by atoms with Crippen molar-refractivity contribution in [3.63, 3.8) is 0 Å². The molecule has 20 heavy (non-hydrogen) atoms. The third kappa shape index (κ3) is 5.23. The lowest BCUT2D eigenvalue weighted by Gasteiger charge is -2.05. The molecule has 2 rings (SSSR count). The van der Waals surface area contributed by atoms with E-state index in [4.69, 9.17) is 5.41 Å². The van der Waals surface area contributed by atoms with E-state index < -0.39 is 0 Å². The summed E-state index contributed by atoms with van der Waals surface area (Å²) < 4.78 is 0. The predicted molar refractivity (Wildman–Crippen MR) is 88.5 cm³/mol. The van der Waals surface area contributed by atoms with Crippen LogP contribution in [0.3, 0.4) is 0 Å². The lowest BCUT2D eigenvalue weighted by atomic mass is 10.0. The molecule has 0 unspecified atom stereocenters. The molecular formula is C19H23N. The van der Waals surface area contributed by atoms with Gasteiger partial charge in [-0.1, -0.05) is 79.2 Å². The maximum absolute atomic E-state index is 7.92. The monoisotopic (exact) mass is 265 g/mol. The van der Waals surface area contributed by atoms with Gasteiger partial charge in [0.2, 0.25) is 0 Å². The zero-order valence-corrected chi connectivity index (χ0v) is 12.6. The molecule has 0 saturated carbocycles. The summed E-state index contributed by atoms with van der Waals surface area (Å²) >= 11 is 0. The van der Waals surface area contributed by atoms with Crippen LogP contribution in [0.15, 0.2) is 72.3 Å². The van der Waals surface area contributed by atoms with Crippen molar-refractivity contribution in [2.24, 2.45) is 0 Å². The van der Waals surface area contributed by atoms with Gasteiger partial charge in [0.25, 0.3) is 0 Å². The molecule has 0 spiro atoms. The molecule has 0 radical (unpaired) electrons. The third-order valence-electron chi connectivity index (χ3n) is 3.05. The SMILES string of the molecule is C/C=C(/CC)C(=N)c1ccccc1.Cc1ccccc1. The second-order valence-corrected chi connectivity index (χ2v) is 4.56. The van der Waals surface area contributed by atoms with E-state index in [1.807, 2.05) is 61.5 Å². The average molecular weight is 265 g/mol. The molecule has 1 heteroatoms. The number of allylic oxidation sites excluding steroid dienone is 2. The predicted octanol–water partition coefficient (Wildman–Crippen LogP) is 5.41. The van der Waals surface area contributed by atoms with E-state index in [1.165, 1.54) is 5.56 Å². The first kappa shape index (κ1) is 15.9. The van der Waals surface area contributed by atoms with E-state index >= 15 is 0 Å². The van der Waals surface area contributed by atoms with Crippen LogP contribution < -0.4 is 0 Å². The Bertz CT molecular complexity index is 538. The van der Waals surface area contributed by atoms with Crippen LogP contribution >= 0.6 is 0 Å². The first-order valence-electron chi connectivity index (χ1n) is 7.00. The van der Waals surface area contributed by atoms with Crippen molar-refractivity contribution in [3.05, 3.63) is 83.4 Å². The molecule has 0 aromatic heterocycles. The molecular weight excluding hydrogens is 242 g/mol. The Morgan fingerprint density at radius 1 is 0.950 bits per heavy atom. The van der Waals surface area contributed by atoms with E-state index in [2.05, 4.69) is 26.0 Å². The van der Waals surface area contributed by atoms with Gasteiger partial charge in [-0.15, -0.1) is 0 Å². The van der Waals surface area contributed by atoms with E-state index in [0.717, 1.165) is 17.6 Å². The van der Waals surface area contributed by atoms with Crippen LogP contribution in [0.25, 0.3) is 0 Å². The molecule has 104 valence electrons. The Morgan fingerprint density at radius 3 is 1.80 bits per heavy atom. The fourth-order valence-electron chi connectivity index (χ4n) is 1.85. The summed E-state index contributed by atoms with van der Waals surface area (Å²) in [5.74, 6) is 0. The molecule has 0 bridgehead atoms. The molecule has 0 amide bonds. The molecule has 1 nitrogen and oxygen atoms in total. The number of nitrogens with one attached hydrogen (secondary N) is 1. The van der Waals surface area contributed by atoms with Crippen molar-refractivity contribution in [1.29, 1.82) is 5.41 Å². The van der Waals surface area contributed by atoms with Crippen LogP contribution in [-0.2, 0) is 0 Å². The van der Waals surface area contributed by atoms with Gasteiger partial charge in [-0.3, -0.25) is 0 Å². The number of aryl methyl sites for hydroxylation is 1. The zero-order valence-electron chi connectivity index (χ0n) is 12.6. The summed E-state index contributed by atoms with van der Waals surface area (Å²) in [7, 11) is 0. The van der Waals surface area contributed by atoms with Gasteiger partial charge in [0, 0.05) is 0 Å². The molecule has 0 aliphatic carbocycles. The van der Waals surface area contributed by atoms with Crippen molar-refractivity contribution in [2.45, 2.75) is 27.2 Å². The third-order valence-corrected chi connectivity index (χ3v) is 3.05. The molecule has 0 atom stereocenters. The van der Waals surface area contributed by atoms with Crippen LogP contribution in [0.5, 0.6) is 0 Å². The highest BCUT2D eigenvalue weighted by atomic mass is 14.4. The quantitative estimate of drug-likeness (QED) is 0.718. The van der Waals surface area contributed by atoms with Crippen LogP contribution in [-0.4, -0.2) is 5.71 Å². The van der Waals surface area contributed by atoms with E-state index in [0.29, 0.717) is 5.71 Å². The van der Waals surface area contributed by atoms with E-state index in [-0.39, 0.29) is 0 Å². The number of hydrogen-bond acceptors (Lipinski definition) is 1. The average Bonchev–Trinajstić information content (AvgIpc) is 2.51. The Morgan fingerprint density at radius 2 is 1.45 bits per heavy atom. The van der Waals surface area contributed by atoms with Gasteiger partial charge in [-0.25, -0.2) is 0 Å². The van der Waals surface area contributed by atoms with Gasteiger partial charge < -0.3 is 5.41 Å². The van der Waals surface area contributed by atoms with Crippen LogP contribution in [0.1, 0.15) is 31.4 Å². The molecule has 2 aromatic carbocycles. The number of hydrogen-bond donors (Lipinski definition) is 1. The highest BCUT2D eigenvalue weighted by Crippen LogP contribution is 2.10. The maximum atomic E-state index is 7.92. The van der Waals surface area contributed by atoms with Gasteiger partial charge in [0.1, 0.15) is 0 Å². The number of rotatable bonds is 3. The minimum absolute atomic E-state index is 0.644. The molecule has 1 N–H and O–H groups in total. The summed E-state index contributed by atoms with van der Waals surface area (Å²) in [5, 5.41) is 7.92. The first-order valence-corrected chi connectivity index (χ1v) is 7.00. The minimum atomic E-state index is 0.644. The van der Waals surface area contributed by atoms with Crippen molar-refractivity contribution in [2.75, 3.05) is 0 Å². The Hall–Kier alpha value is -2.15. The van der Waals surface area contributed by atoms with Crippen molar-refractivity contribution >= 4 is 5.71 Å². The van der Waals surface area contributed by atoms with Crippen molar-refractivity contribution < 1.29 is 0 Å². The summed E-state index contributed by atoms with van der Waals surface area (Å²) in [6.45, 7) is 6.14. The van der Waals surface area contributed by atoms with Crippen molar-refractivity contribution in [1.82, 2.24) is 0 Å². The van der Waals surface area contributed by atoms with Crippen LogP contribution in [0.2, 0.25) is 0 Å². The minimum Gasteiger partial charge on any atom is -0.300 e. The van der Waals surface area contributed by atoms with Gasteiger partial charge in [-0.05, 0) is 31.4 Å². The van der Waals surface area contributed by atoms with Gasteiger partial charge in [0.15, 0.2) is 0 Å². The molecule has 0 aliphatic rings. The van der Waals surface area contributed by atoms with Gasteiger partial charge >= 0.3 is 0 Å². The lowest BCUT2D eigenvalue weighted by molar-refractivity contribution is 1.15. The van der Waals surface area contributed by atoms with Crippen LogP contribution in [0, 0.1) is 12.3 Å². The van der Waals surface area contributed by atoms with Crippen molar-refractivity contribution in [3.8, 4) is 0 Å². The Labute approximate surface area is 122 Å². The summed E-state index contributed by atoms with van der Waals surface area (Å²) in [4.78, 5) is 0. The summed E-state index contributed by atoms with van der Waals surface area (Å²) in [6, 6.07) is 20.1. The normalized spacial score (nSPS) is 10.4.